The van der Waals surface area contributed by atoms with Crippen LogP contribution in [-0.2, 0) is 9.09 Å². The molecule has 0 fully saturated rings. The Bertz CT molecular complexity index is 134. The number of hydrogen-bond donors (Lipinski definition) is 0. The van der Waals surface area contributed by atoms with Crippen molar-refractivity contribution in [3.8, 4) is 0 Å². The van der Waals surface area contributed by atoms with Crippen molar-refractivity contribution in [2.24, 2.45) is 0 Å². The van der Waals surface area contributed by atoms with Gasteiger partial charge in [0.25, 0.3) is 0 Å². The van der Waals surface area contributed by atoms with Crippen LogP contribution in [0.3, 0.4) is 0 Å². The van der Waals surface area contributed by atoms with Crippen molar-refractivity contribution in [3.63, 3.8) is 0 Å². The molecule has 0 amide bonds. The van der Waals surface area contributed by atoms with Crippen LogP contribution in [0.15, 0.2) is 0 Å². The van der Waals surface area contributed by atoms with E-state index in [-0.39, 0.29) is 6.92 Å². The van der Waals surface area contributed by atoms with Crippen LogP contribution < -0.4 is 9.79 Å². The molecule has 0 heterocycles. The first kappa shape index (κ1) is 8.97. The van der Waals surface area contributed by atoms with E-state index in [0.717, 1.165) is 0 Å². The summed E-state index contributed by atoms with van der Waals surface area (Å²) in [7, 11) is -5.54. The molecule has 0 N–H and O–H groups in total. The van der Waals surface area contributed by atoms with E-state index in [1.807, 2.05) is 0 Å². The Morgan fingerprint density at radius 1 is 1.56 bits per heavy atom. The second-order valence-corrected chi connectivity index (χ2v) is 2.42. The van der Waals surface area contributed by atoms with Crippen LogP contribution in [0.25, 0.3) is 0 Å². The number of phosphoric ester groups is 1. The fourth-order valence-corrected chi connectivity index (χ4v) is 0.589. The Morgan fingerprint density at radius 3 is 1.89 bits per heavy atom. The van der Waals surface area contributed by atoms with Gasteiger partial charge < -0.3 is 14.4 Å². The van der Waals surface area contributed by atoms with E-state index >= 15 is 0 Å². The minimum atomic E-state index is -5.54. The topological polar surface area (TPSA) is 72.4 Å². The van der Waals surface area contributed by atoms with Crippen molar-refractivity contribution in [1.82, 2.24) is 0 Å². The van der Waals surface area contributed by atoms with Crippen LogP contribution in [0.2, 0.25) is 0 Å². The van der Waals surface area contributed by atoms with Crippen LogP contribution in [-0.4, -0.2) is 6.11 Å². The molecule has 0 rings (SSSR count). The molecule has 0 atom stereocenters. The van der Waals surface area contributed by atoms with E-state index < -0.39 is 13.9 Å². The van der Waals surface area contributed by atoms with Gasteiger partial charge in [0.1, 0.15) is 0 Å². The van der Waals surface area contributed by atoms with Crippen molar-refractivity contribution in [2.75, 3.05) is 0 Å². The maximum absolute atomic E-state index is 11.4. The van der Waals surface area contributed by atoms with Gasteiger partial charge >= 0.3 is 6.11 Å². The molecule has 0 aromatic carbocycles. The molecule has 4 nitrogen and oxygen atoms in total. The van der Waals surface area contributed by atoms with Crippen LogP contribution in [0, 0.1) is 0 Å². The largest absolute Gasteiger partial charge is 0.790 e. The van der Waals surface area contributed by atoms with Crippen LogP contribution in [0.1, 0.15) is 6.92 Å². The molecule has 0 aliphatic rings. The zero-order chi connectivity index (χ0) is 7.71. The lowest BCUT2D eigenvalue weighted by atomic mass is 10.8. The quantitative estimate of drug-likeness (QED) is 0.507. The highest BCUT2D eigenvalue weighted by atomic mass is 31.2. The van der Waals surface area contributed by atoms with Crippen LogP contribution >= 0.6 is 7.82 Å². The maximum Gasteiger partial charge on any atom is 0.356 e. The normalized spacial score (nSPS) is 13.9. The highest BCUT2D eigenvalue weighted by molar-refractivity contribution is 7.43. The molecule has 0 saturated heterocycles. The van der Waals surface area contributed by atoms with Crippen molar-refractivity contribution in [2.45, 2.75) is 13.0 Å². The van der Waals surface area contributed by atoms with Gasteiger partial charge in [0.2, 0.25) is 0 Å². The standard InChI is InChI=1S/C2H5F2O4P/c1-2(3,4)8-9(5,6)7/h1H3,(H2,5,6,7)/p-2. The number of rotatable bonds is 2. The van der Waals surface area contributed by atoms with Gasteiger partial charge in [-0.25, -0.2) is 0 Å². The number of phosphoric acid groups is 1. The summed E-state index contributed by atoms with van der Waals surface area (Å²) in [6.07, 6.45) is -3.90. The molecule has 0 aliphatic heterocycles. The predicted octanol–water partition coefficient (Wildman–Crippen LogP) is -0.556. The maximum atomic E-state index is 11.4. The summed E-state index contributed by atoms with van der Waals surface area (Å²) in [6, 6.07) is 0. The first-order valence-corrected chi connectivity index (χ1v) is 3.27. The first-order chi connectivity index (χ1) is 3.71. The van der Waals surface area contributed by atoms with Crippen LogP contribution in [0.4, 0.5) is 8.78 Å². The molecule has 0 saturated carbocycles. The fraction of sp³-hybridized carbons (Fsp3) is 1.00. The molecular weight excluding hydrogens is 157 g/mol. The zero-order valence-corrected chi connectivity index (χ0v) is 5.23. The molecule has 7 heteroatoms. The highest BCUT2D eigenvalue weighted by Gasteiger charge is 2.22. The Labute approximate surface area is 49.7 Å². The lowest BCUT2D eigenvalue weighted by Gasteiger charge is -2.30. The van der Waals surface area contributed by atoms with Gasteiger partial charge in [-0.3, -0.25) is 4.52 Å². The number of halogens is 2. The minimum Gasteiger partial charge on any atom is -0.790 e. The molecular formula is C2H3F2O4P-2. The van der Waals surface area contributed by atoms with E-state index in [1.54, 1.807) is 0 Å². The summed E-state index contributed by atoms with van der Waals surface area (Å²) in [5.74, 6) is 0. The summed E-state index contributed by atoms with van der Waals surface area (Å²) in [5.41, 5.74) is 0. The molecule has 0 radical (unpaired) electrons. The van der Waals surface area contributed by atoms with E-state index in [2.05, 4.69) is 4.52 Å². The average Bonchev–Trinajstić information content (AvgIpc) is 1.14. The second-order valence-electron chi connectivity index (χ2n) is 1.35. The zero-order valence-electron chi connectivity index (χ0n) is 4.34. The molecule has 0 aromatic rings. The molecule has 0 spiro atoms. The second kappa shape index (κ2) is 2.30. The lowest BCUT2D eigenvalue weighted by molar-refractivity contribution is -0.364. The van der Waals surface area contributed by atoms with Gasteiger partial charge in [-0.05, 0) is 0 Å². The Morgan fingerprint density at radius 2 is 1.89 bits per heavy atom. The summed E-state index contributed by atoms with van der Waals surface area (Å²) in [6.45, 7) is 0.162. The lowest BCUT2D eigenvalue weighted by Crippen LogP contribution is -2.24. The smallest absolute Gasteiger partial charge is 0.356 e. The van der Waals surface area contributed by atoms with E-state index in [4.69, 9.17) is 0 Å². The van der Waals surface area contributed by atoms with Gasteiger partial charge in [0, 0.05) is 6.92 Å². The SMILES string of the molecule is CC(F)(F)OP(=O)([O-])[O-]. The molecule has 0 aliphatic carbocycles. The van der Waals surface area contributed by atoms with Gasteiger partial charge in [0.05, 0.1) is 7.82 Å². The Hall–Kier alpha value is -0.0300. The van der Waals surface area contributed by atoms with Crippen LogP contribution in [0.5, 0.6) is 0 Å². The van der Waals surface area contributed by atoms with E-state index in [0.29, 0.717) is 0 Å². The number of hydrogen-bond acceptors (Lipinski definition) is 4. The van der Waals surface area contributed by atoms with Crippen molar-refractivity contribution in [1.29, 1.82) is 0 Å². The Kier molecular flexibility index (Phi) is 2.29. The first-order valence-electron chi connectivity index (χ1n) is 1.81. The third-order valence-electron chi connectivity index (χ3n) is 0.272. The number of alkyl halides is 2. The van der Waals surface area contributed by atoms with E-state index in [9.17, 15) is 23.1 Å². The summed E-state index contributed by atoms with van der Waals surface area (Å²) >= 11 is 0. The van der Waals surface area contributed by atoms with Gasteiger partial charge in [-0.1, -0.05) is 0 Å². The summed E-state index contributed by atoms with van der Waals surface area (Å²) in [4.78, 5) is 18.8. The predicted molar refractivity (Wildman–Crippen MR) is 19.3 cm³/mol. The molecule has 0 aromatic heterocycles. The average molecular weight is 160 g/mol. The molecule has 56 valence electrons. The highest BCUT2D eigenvalue weighted by Crippen LogP contribution is 2.34. The van der Waals surface area contributed by atoms with Crippen molar-refractivity contribution in [3.05, 3.63) is 0 Å². The van der Waals surface area contributed by atoms with Gasteiger partial charge in [0.15, 0.2) is 0 Å². The van der Waals surface area contributed by atoms with Crippen molar-refractivity contribution < 1.29 is 27.7 Å². The molecule has 0 unspecified atom stereocenters. The molecule has 0 bridgehead atoms. The summed E-state index contributed by atoms with van der Waals surface area (Å²) in [5, 5.41) is 0. The van der Waals surface area contributed by atoms with Crippen molar-refractivity contribution >= 4 is 7.82 Å². The monoisotopic (exact) mass is 160 g/mol. The van der Waals surface area contributed by atoms with Gasteiger partial charge in [-0.2, -0.15) is 8.78 Å². The Balaban J connectivity index is 3.90. The summed E-state index contributed by atoms with van der Waals surface area (Å²) < 4.78 is 35.0. The fourth-order valence-electron chi connectivity index (χ4n) is 0.196. The van der Waals surface area contributed by atoms with Gasteiger partial charge in [-0.15, -0.1) is 0 Å². The molecule has 9 heavy (non-hydrogen) atoms. The third kappa shape index (κ3) is 7.97. The van der Waals surface area contributed by atoms with E-state index in [1.165, 1.54) is 0 Å². The minimum absolute atomic E-state index is 0.162. The third-order valence-corrected chi connectivity index (χ3v) is 0.816.